The van der Waals surface area contributed by atoms with Crippen LogP contribution in [0, 0.1) is 11.3 Å². The van der Waals surface area contributed by atoms with Crippen molar-refractivity contribution in [2.45, 2.75) is 11.8 Å². The molecule has 0 saturated carbocycles. The van der Waals surface area contributed by atoms with Crippen LogP contribution in [0.1, 0.15) is 5.56 Å². The third-order valence-electron chi connectivity index (χ3n) is 1.71. The summed E-state index contributed by atoms with van der Waals surface area (Å²) in [5.74, 6) is -0.306. The van der Waals surface area contributed by atoms with Crippen LogP contribution in [0.25, 0.3) is 0 Å². The van der Waals surface area contributed by atoms with Gasteiger partial charge in [-0.1, -0.05) is 12.1 Å². The minimum absolute atomic E-state index is 0.306. The van der Waals surface area contributed by atoms with Gasteiger partial charge in [0.25, 0.3) is 0 Å². The highest BCUT2D eigenvalue weighted by Gasteiger charge is 2.03. The van der Waals surface area contributed by atoms with Gasteiger partial charge in [0.2, 0.25) is 5.43 Å². The van der Waals surface area contributed by atoms with Crippen molar-refractivity contribution in [3.8, 4) is 11.8 Å². The Morgan fingerprint density at radius 2 is 2.07 bits per heavy atom. The predicted molar refractivity (Wildman–Crippen MR) is 53.3 cm³/mol. The molecule has 1 unspecified atom stereocenters. The number of nitrogens with zero attached hydrogens (tertiary/aromatic N) is 1. The van der Waals surface area contributed by atoms with Crippen molar-refractivity contribution in [1.29, 1.82) is 5.26 Å². The van der Waals surface area contributed by atoms with Gasteiger partial charge in [-0.15, -0.1) is 11.6 Å². The molecular weight excluding hydrogens is 202 g/mol. The van der Waals surface area contributed by atoms with E-state index in [9.17, 15) is 4.79 Å². The van der Waals surface area contributed by atoms with Crippen LogP contribution in [0.2, 0.25) is 0 Å². The van der Waals surface area contributed by atoms with Crippen LogP contribution in [-0.4, -0.2) is 10.5 Å². The molecule has 0 amide bonds. The molecule has 0 heterocycles. The van der Waals surface area contributed by atoms with Gasteiger partial charge in [0.05, 0.1) is 6.07 Å². The summed E-state index contributed by atoms with van der Waals surface area (Å²) in [5, 5.41) is 16.9. The molecule has 4 heteroatoms. The quantitative estimate of drug-likeness (QED) is 0.750. The van der Waals surface area contributed by atoms with Crippen LogP contribution in [-0.2, 0) is 6.42 Å². The van der Waals surface area contributed by atoms with E-state index in [0.29, 0.717) is 6.42 Å². The van der Waals surface area contributed by atoms with E-state index < -0.39 is 10.8 Å². The first-order valence-electron chi connectivity index (χ1n) is 3.99. The predicted octanol–water partition coefficient (Wildman–Crippen LogP) is 1.43. The highest BCUT2D eigenvalue weighted by molar-refractivity contribution is 6.22. The average Bonchev–Trinajstić information content (AvgIpc) is 2.33. The molecule has 14 heavy (non-hydrogen) atoms. The Bertz CT molecular complexity index is 425. The molecule has 1 N–H and O–H groups in total. The third kappa shape index (κ3) is 2.75. The van der Waals surface area contributed by atoms with Crippen molar-refractivity contribution in [3.63, 3.8) is 0 Å². The van der Waals surface area contributed by atoms with Gasteiger partial charge in [-0.3, -0.25) is 4.79 Å². The molecule has 3 nitrogen and oxygen atoms in total. The zero-order valence-corrected chi connectivity index (χ0v) is 8.03. The molecule has 0 saturated heterocycles. The Hall–Kier alpha value is -1.53. The van der Waals surface area contributed by atoms with Crippen molar-refractivity contribution in [2.24, 2.45) is 0 Å². The number of hydrogen-bond donors (Lipinski definition) is 1. The minimum atomic E-state index is -0.616. The summed E-state index contributed by atoms with van der Waals surface area (Å²) < 4.78 is 0. The van der Waals surface area contributed by atoms with Crippen LogP contribution < -0.4 is 5.43 Å². The Kier molecular flexibility index (Phi) is 3.49. The first kappa shape index (κ1) is 10.6. The molecule has 0 spiro atoms. The second-order valence-corrected chi connectivity index (χ2v) is 3.32. The van der Waals surface area contributed by atoms with Gasteiger partial charge in [0.15, 0.2) is 5.75 Å². The van der Waals surface area contributed by atoms with Gasteiger partial charge in [0, 0.05) is 6.42 Å². The lowest BCUT2D eigenvalue weighted by Gasteiger charge is -1.96. The smallest absolute Gasteiger partial charge is 0.220 e. The van der Waals surface area contributed by atoms with Gasteiger partial charge in [0.1, 0.15) is 5.38 Å². The summed E-state index contributed by atoms with van der Waals surface area (Å²) in [7, 11) is 0. The molecule has 0 aliphatic heterocycles. The summed E-state index contributed by atoms with van der Waals surface area (Å²) in [5.41, 5.74) is 0.295. The standard InChI is InChI=1S/C10H8ClNO2/c11-8(6-12)5-7-1-3-9(13)10(14)4-2-7/h1-4,8H,5H2,(H,13,14). The molecule has 0 aromatic heterocycles. The minimum Gasteiger partial charge on any atom is -0.504 e. The lowest BCUT2D eigenvalue weighted by molar-refractivity contribution is 0.471. The normalized spacial score (nSPS) is 11.7. The Morgan fingerprint density at radius 3 is 2.71 bits per heavy atom. The second-order valence-electron chi connectivity index (χ2n) is 2.79. The summed E-state index contributed by atoms with van der Waals surface area (Å²) >= 11 is 5.62. The molecule has 1 rings (SSSR count). The molecule has 0 fully saturated rings. The van der Waals surface area contributed by atoms with Crippen molar-refractivity contribution in [1.82, 2.24) is 0 Å². The van der Waals surface area contributed by atoms with Gasteiger partial charge in [-0.2, -0.15) is 5.26 Å². The van der Waals surface area contributed by atoms with Crippen molar-refractivity contribution in [3.05, 3.63) is 40.1 Å². The SMILES string of the molecule is N#CC(Cl)Cc1ccc(O)c(=O)cc1. The summed E-state index contributed by atoms with van der Waals surface area (Å²) in [6, 6.07) is 7.56. The maximum atomic E-state index is 11.0. The number of aromatic hydroxyl groups is 1. The average molecular weight is 210 g/mol. The van der Waals surface area contributed by atoms with E-state index in [1.165, 1.54) is 12.1 Å². The first-order chi connectivity index (χ1) is 6.63. The highest BCUT2D eigenvalue weighted by atomic mass is 35.5. The first-order valence-corrected chi connectivity index (χ1v) is 4.43. The largest absolute Gasteiger partial charge is 0.504 e. The van der Waals surface area contributed by atoms with Crippen LogP contribution in [0.5, 0.6) is 5.75 Å². The fraction of sp³-hybridized carbons (Fsp3) is 0.200. The number of nitriles is 1. The van der Waals surface area contributed by atoms with Crippen LogP contribution in [0.3, 0.4) is 0 Å². The van der Waals surface area contributed by atoms with Crippen molar-refractivity contribution >= 4 is 11.6 Å². The van der Waals surface area contributed by atoms with E-state index in [0.717, 1.165) is 5.56 Å². The number of rotatable bonds is 2. The molecule has 0 radical (unpaired) electrons. The van der Waals surface area contributed by atoms with Crippen LogP contribution in [0.15, 0.2) is 29.1 Å². The topological polar surface area (TPSA) is 61.1 Å². The van der Waals surface area contributed by atoms with Crippen LogP contribution in [0.4, 0.5) is 0 Å². The van der Waals surface area contributed by atoms with Gasteiger partial charge >= 0.3 is 0 Å². The molecule has 1 aromatic carbocycles. The van der Waals surface area contributed by atoms with Gasteiger partial charge in [-0.25, -0.2) is 0 Å². The molecule has 72 valence electrons. The highest BCUT2D eigenvalue weighted by Crippen LogP contribution is 2.07. The molecule has 0 aliphatic rings. The Labute approximate surface area is 86.2 Å². The molecule has 0 bridgehead atoms. The third-order valence-corrected chi connectivity index (χ3v) is 1.96. The van der Waals surface area contributed by atoms with Crippen molar-refractivity contribution in [2.75, 3.05) is 0 Å². The van der Waals surface area contributed by atoms with E-state index in [2.05, 4.69) is 0 Å². The van der Waals surface area contributed by atoms with Gasteiger partial charge in [-0.05, 0) is 17.7 Å². The number of halogens is 1. The fourth-order valence-corrected chi connectivity index (χ4v) is 1.16. The van der Waals surface area contributed by atoms with E-state index >= 15 is 0 Å². The summed E-state index contributed by atoms with van der Waals surface area (Å²) in [6.45, 7) is 0. The molecule has 1 aromatic rings. The van der Waals surface area contributed by atoms with Crippen LogP contribution >= 0.6 is 11.6 Å². The fourth-order valence-electron chi connectivity index (χ4n) is 0.980. The molecule has 1 atom stereocenters. The Morgan fingerprint density at radius 1 is 1.43 bits per heavy atom. The van der Waals surface area contributed by atoms with E-state index in [1.54, 1.807) is 12.1 Å². The maximum Gasteiger partial charge on any atom is 0.220 e. The number of hydrogen-bond acceptors (Lipinski definition) is 3. The lowest BCUT2D eigenvalue weighted by Crippen LogP contribution is -1.98. The summed E-state index contributed by atoms with van der Waals surface area (Å²) in [6.07, 6.45) is 0.353. The zero-order chi connectivity index (χ0) is 10.6. The van der Waals surface area contributed by atoms with Gasteiger partial charge < -0.3 is 5.11 Å². The lowest BCUT2D eigenvalue weighted by atomic mass is 10.2. The monoisotopic (exact) mass is 209 g/mol. The van der Waals surface area contributed by atoms with E-state index in [-0.39, 0.29) is 5.75 Å². The van der Waals surface area contributed by atoms with Crippen molar-refractivity contribution < 1.29 is 5.11 Å². The number of alkyl halides is 1. The van der Waals surface area contributed by atoms with E-state index in [4.69, 9.17) is 22.0 Å². The second kappa shape index (κ2) is 4.64. The molecular formula is C10H8ClNO2. The zero-order valence-electron chi connectivity index (χ0n) is 7.27. The maximum absolute atomic E-state index is 11.0. The molecule has 0 aliphatic carbocycles. The van der Waals surface area contributed by atoms with E-state index in [1.807, 2.05) is 6.07 Å². The summed E-state index contributed by atoms with van der Waals surface area (Å²) in [4.78, 5) is 11.0. The Balaban J connectivity index is 2.99.